The number of nitrogens with two attached hydrogens (primary N) is 1. The predicted molar refractivity (Wildman–Crippen MR) is 75.3 cm³/mol. The van der Waals surface area contributed by atoms with E-state index in [1.807, 2.05) is 12.1 Å². The molecule has 1 fully saturated rings. The van der Waals surface area contributed by atoms with Crippen molar-refractivity contribution < 1.29 is 0 Å². The summed E-state index contributed by atoms with van der Waals surface area (Å²) in [6.45, 7) is 2.28. The number of benzene rings is 1. The lowest BCUT2D eigenvalue weighted by molar-refractivity contribution is 0.402. The van der Waals surface area contributed by atoms with Gasteiger partial charge < -0.3 is 5.73 Å². The van der Waals surface area contributed by atoms with Gasteiger partial charge in [0.15, 0.2) is 0 Å². The van der Waals surface area contributed by atoms with E-state index < -0.39 is 0 Å². The second kappa shape index (κ2) is 4.69. The highest BCUT2D eigenvalue weighted by Gasteiger charge is 2.31. The summed E-state index contributed by atoms with van der Waals surface area (Å²) in [6, 6.07) is 12.7. The first-order valence-electron chi connectivity index (χ1n) is 6.84. The van der Waals surface area contributed by atoms with Gasteiger partial charge in [0.25, 0.3) is 0 Å². The second-order valence-electron chi connectivity index (χ2n) is 5.56. The molecule has 2 heteroatoms. The topological polar surface area (TPSA) is 38.9 Å². The summed E-state index contributed by atoms with van der Waals surface area (Å²) in [7, 11) is 0. The van der Waals surface area contributed by atoms with E-state index in [4.69, 9.17) is 10.7 Å². The van der Waals surface area contributed by atoms with Crippen molar-refractivity contribution in [2.75, 3.05) is 0 Å². The summed E-state index contributed by atoms with van der Waals surface area (Å²) >= 11 is 0. The summed E-state index contributed by atoms with van der Waals surface area (Å²) < 4.78 is 0. The number of aromatic nitrogens is 1. The third-order valence-corrected chi connectivity index (χ3v) is 4.14. The lowest BCUT2D eigenvalue weighted by Gasteiger charge is -2.19. The van der Waals surface area contributed by atoms with Gasteiger partial charge in [-0.05, 0) is 36.8 Å². The Balaban J connectivity index is 1.77. The zero-order valence-corrected chi connectivity index (χ0v) is 10.8. The van der Waals surface area contributed by atoms with Gasteiger partial charge in [0, 0.05) is 23.5 Å². The maximum Gasteiger partial charge on any atom is 0.0705 e. The number of para-hydroxylation sites is 1. The molecular formula is C16H20N2. The molecule has 2 atom stereocenters. The first-order valence-corrected chi connectivity index (χ1v) is 6.84. The Morgan fingerprint density at radius 3 is 2.78 bits per heavy atom. The van der Waals surface area contributed by atoms with Gasteiger partial charge in [-0.25, -0.2) is 0 Å². The molecule has 1 aliphatic rings. The van der Waals surface area contributed by atoms with Crippen LogP contribution in [0.25, 0.3) is 10.9 Å². The van der Waals surface area contributed by atoms with Gasteiger partial charge in [0.05, 0.1) is 5.52 Å². The van der Waals surface area contributed by atoms with Crippen molar-refractivity contribution >= 4 is 10.9 Å². The van der Waals surface area contributed by atoms with E-state index in [-0.39, 0.29) is 6.04 Å². The number of hydrogen-bond acceptors (Lipinski definition) is 2. The van der Waals surface area contributed by atoms with Gasteiger partial charge in [-0.1, -0.05) is 31.2 Å². The van der Waals surface area contributed by atoms with Crippen molar-refractivity contribution in [1.29, 1.82) is 0 Å². The predicted octanol–water partition coefficient (Wildman–Crippen LogP) is 3.15. The van der Waals surface area contributed by atoms with Gasteiger partial charge in [-0.2, -0.15) is 0 Å². The average molecular weight is 240 g/mol. The summed E-state index contributed by atoms with van der Waals surface area (Å²) in [6.07, 6.45) is 3.61. The van der Waals surface area contributed by atoms with Crippen molar-refractivity contribution in [2.45, 2.75) is 32.2 Å². The van der Waals surface area contributed by atoms with Gasteiger partial charge in [0.1, 0.15) is 0 Å². The van der Waals surface area contributed by atoms with Crippen LogP contribution in [-0.2, 0) is 6.42 Å². The van der Waals surface area contributed by atoms with Crippen LogP contribution >= 0.6 is 0 Å². The fraction of sp³-hybridized carbons (Fsp3) is 0.438. The summed E-state index contributed by atoms with van der Waals surface area (Å²) in [5, 5.41) is 1.20. The third-order valence-electron chi connectivity index (χ3n) is 4.14. The van der Waals surface area contributed by atoms with Crippen molar-refractivity contribution in [3.8, 4) is 0 Å². The summed E-state index contributed by atoms with van der Waals surface area (Å²) in [5.41, 5.74) is 8.48. The Morgan fingerprint density at radius 1 is 1.22 bits per heavy atom. The van der Waals surface area contributed by atoms with Crippen LogP contribution in [0.2, 0.25) is 0 Å². The molecular weight excluding hydrogens is 220 g/mol. The Kier molecular flexibility index (Phi) is 3.04. The number of rotatable bonds is 4. The highest BCUT2D eigenvalue weighted by molar-refractivity contribution is 5.78. The molecule has 0 aliphatic heterocycles. The average Bonchev–Trinajstić information content (AvgIpc) is 3.22. The van der Waals surface area contributed by atoms with Crippen molar-refractivity contribution in [1.82, 2.24) is 4.98 Å². The van der Waals surface area contributed by atoms with E-state index in [1.165, 1.54) is 18.2 Å². The molecule has 2 unspecified atom stereocenters. The molecule has 1 aromatic carbocycles. The van der Waals surface area contributed by atoms with Crippen molar-refractivity contribution in [3.05, 3.63) is 42.1 Å². The Hall–Kier alpha value is -1.41. The van der Waals surface area contributed by atoms with Crippen molar-refractivity contribution in [3.63, 3.8) is 0 Å². The highest BCUT2D eigenvalue weighted by atomic mass is 14.7. The normalized spacial score (nSPS) is 18.8. The van der Waals surface area contributed by atoms with Crippen LogP contribution in [-0.4, -0.2) is 11.0 Å². The molecule has 0 saturated heterocycles. The monoisotopic (exact) mass is 240 g/mol. The number of nitrogens with zero attached hydrogens (tertiary/aromatic N) is 1. The van der Waals surface area contributed by atoms with E-state index in [2.05, 4.69) is 31.2 Å². The minimum Gasteiger partial charge on any atom is -0.327 e. The minimum absolute atomic E-state index is 0.242. The first-order chi connectivity index (χ1) is 8.74. The quantitative estimate of drug-likeness (QED) is 0.891. The Bertz CT molecular complexity index is 546. The van der Waals surface area contributed by atoms with E-state index in [0.717, 1.165) is 23.5 Å². The summed E-state index contributed by atoms with van der Waals surface area (Å²) in [5.74, 6) is 1.48. The molecule has 18 heavy (non-hydrogen) atoms. The summed E-state index contributed by atoms with van der Waals surface area (Å²) in [4.78, 5) is 4.70. The van der Waals surface area contributed by atoms with Crippen LogP contribution in [0.1, 0.15) is 25.5 Å². The maximum atomic E-state index is 6.29. The molecule has 94 valence electrons. The SMILES string of the molecule is CC(C(N)Cc1ccc2ccccc2n1)C1CC1. The standard InChI is InChI=1S/C16H20N2/c1-11(12-6-7-12)15(17)10-14-9-8-13-4-2-3-5-16(13)18-14/h2-5,8-9,11-12,15H,6-7,10,17H2,1H3. The van der Waals surface area contributed by atoms with Crippen LogP contribution < -0.4 is 5.73 Å². The van der Waals surface area contributed by atoms with Gasteiger partial charge >= 0.3 is 0 Å². The van der Waals surface area contributed by atoms with Crippen LogP contribution in [0.3, 0.4) is 0 Å². The lowest BCUT2D eigenvalue weighted by Crippen LogP contribution is -2.32. The van der Waals surface area contributed by atoms with Crippen LogP contribution in [0.5, 0.6) is 0 Å². The van der Waals surface area contributed by atoms with Gasteiger partial charge in [-0.15, -0.1) is 0 Å². The molecule has 1 aromatic heterocycles. The van der Waals surface area contributed by atoms with E-state index >= 15 is 0 Å². The zero-order chi connectivity index (χ0) is 12.5. The van der Waals surface area contributed by atoms with Crippen LogP contribution in [0.15, 0.2) is 36.4 Å². The fourth-order valence-electron chi connectivity index (χ4n) is 2.62. The molecule has 2 N–H and O–H groups in total. The number of pyridine rings is 1. The second-order valence-corrected chi connectivity index (χ2v) is 5.56. The molecule has 0 amide bonds. The smallest absolute Gasteiger partial charge is 0.0705 e. The molecule has 2 nitrogen and oxygen atoms in total. The van der Waals surface area contributed by atoms with E-state index in [1.54, 1.807) is 0 Å². The third kappa shape index (κ3) is 2.39. The molecule has 0 spiro atoms. The molecule has 1 aliphatic carbocycles. The fourth-order valence-corrected chi connectivity index (χ4v) is 2.62. The van der Waals surface area contributed by atoms with Crippen LogP contribution in [0.4, 0.5) is 0 Å². The van der Waals surface area contributed by atoms with E-state index in [9.17, 15) is 0 Å². The molecule has 0 radical (unpaired) electrons. The molecule has 2 aromatic rings. The largest absolute Gasteiger partial charge is 0.327 e. The lowest BCUT2D eigenvalue weighted by atomic mass is 9.93. The molecule has 1 heterocycles. The molecule has 0 bridgehead atoms. The number of fused-ring (bicyclic) bond motifs is 1. The maximum absolute atomic E-state index is 6.29. The van der Waals surface area contributed by atoms with E-state index in [0.29, 0.717) is 5.92 Å². The van der Waals surface area contributed by atoms with Crippen molar-refractivity contribution in [2.24, 2.45) is 17.6 Å². The van der Waals surface area contributed by atoms with Gasteiger partial charge in [0.2, 0.25) is 0 Å². The Labute approximate surface area is 108 Å². The molecule has 3 rings (SSSR count). The van der Waals surface area contributed by atoms with Gasteiger partial charge in [-0.3, -0.25) is 4.98 Å². The highest BCUT2D eigenvalue weighted by Crippen LogP contribution is 2.38. The molecule has 1 saturated carbocycles. The first kappa shape index (κ1) is 11.7. The Morgan fingerprint density at radius 2 is 2.00 bits per heavy atom. The zero-order valence-electron chi connectivity index (χ0n) is 10.8. The minimum atomic E-state index is 0.242. The van der Waals surface area contributed by atoms with Crippen LogP contribution in [0, 0.1) is 11.8 Å². The number of hydrogen-bond donors (Lipinski definition) is 1.